The number of nitrogens with zero attached hydrogens (tertiary/aromatic N) is 2. The first-order valence-corrected chi connectivity index (χ1v) is 42.2. The number of fused-ring (bicyclic) bond motifs is 8. The molecule has 8 bridgehead atoms. The van der Waals surface area contributed by atoms with E-state index < -0.39 is 0 Å². The van der Waals surface area contributed by atoms with E-state index in [1.807, 2.05) is 0 Å². The van der Waals surface area contributed by atoms with Gasteiger partial charge < -0.3 is 9.80 Å². The lowest BCUT2D eigenvalue weighted by Gasteiger charge is -2.61. The fourth-order valence-electron chi connectivity index (χ4n) is 24.6. The smallest absolute Gasteiger partial charge is 0.0540 e. The molecule has 0 heterocycles. The molecule has 0 aromatic heterocycles. The maximum Gasteiger partial charge on any atom is 0.0540 e. The van der Waals surface area contributed by atoms with Gasteiger partial charge in [-0.2, -0.15) is 0 Å². The third-order valence-electron chi connectivity index (χ3n) is 28.9. The van der Waals surface area contributed by atoms with Gasteiger partial charge in [0.05, 0.1) is 11.4 Å². The molecule has 0 amide bonds. The van der Waals surface area contributed by atoms with Crippen molar-refractivity contribution in [2.24, 2.45) is 47.3 Å². The number of hydrogen-bond donors (Lipinski definition) is 0. The molecule has 16 aromatic rings. The molecule has 10 aliphatic rings. The maximum absolute atomic E-state index is 2.54. The first-order chi connectivity index (χ1) is 56.4. The highest BCUT2D eigenvalue weighted by molar-refractivity contribution is 5.98. The molecular formula is C112H90N2. The van der Waals surface area contributed by atoms with Crippen LogP contribution in [0.1, 0.15) is 86.5 Å². The molecule has 2 nitrogen and oxygen atoms in total. The summed E-state index contributed by atoms with van der Waals surface area (Å²) in [5.41, 5.74) is 34.5. The lowest BCUT2D eigenvalue weighted by molar-refractivity contribution is -0.0399. The van der Waals surface area contributed by atoms with E-state index in [4.69, 9.17) is 0 Å². The molecule has 16 aromatic carbocycles. The highest BCUT2D eigenvalue weighted by atomic mass is 15.2. The molecule has 2 spiro atoms. The Morgan fingerprint density at radius 3 is 0.939 bits per heavy atom. The second kappa shape index (κ2) is 27.2. The van der Waals surface area contributed by atoms with Gasteiger partial charge in [-0.1, -0.05) is 297 Å². The molecule has 0 aliphatic heterocycles. The Balaban J connectivity index is 0.000000135. The lowest BCUT2D eigenvalue weighted by Crippen LogP contribution is -2.55. The zero-order valence-electron chi connectivity index (χ0n) is 64.4. The molecule has 26 rings (SSSR count). The molecule has 8 saturated carbocycles. The van der Waals surface area contributed by atoms with Crippen LogP contribution in [0.25, 0.3) is 111 Å². The third kappa shape index (κ3) is 10.9. The highest BCUT2D eigenvalue weighted by Gasteiger charge is 2.63. The molecule has 548 valence electrons. The Kier molecular flexibility index (Phi) is 16.1. The summed E-state index contributed by atoms with van der Waals surface area (Å²) >= 11 is 0. The van der Waals surface area contributed by atoms with E-state index in [1.165, 1.54) is 175 Å². The zero-order valence-corrected chi connectivity index (χ0v) is 64.4. The largest absolute Gasteiger partial charge is 0.310 e. The third-order valence-corrected chi connectivity index (χ3v) is 28.9. The van der Waals surface area contributed by atoms with Crippen LogP contribution in [0, 0.1) is 47.3 Å². The average molecular weight is 1460 g/mol. The van der Waals surface area contributed by atoms with Gasteiger partial charge in [-0.15, -0.1) is 0 Å². The number of benzene rings is 16. The van der Waals surface area contributed by atoms with Gasteiger partial charge >= 0.3 is 0 Å². The van der Waals surface area contributed by atoms with Crippen molar-refractivity contribution in [1.82, 2.24) is 0 Å². The molecule has 0 unspecified atom stereocenters. The SMILES string of the molecule is c1ccc(-c2ccccc2N(c2ccc(-c3ccc4c(c3)-c3ccccc3C43C4CC5CC(C4)CC3C5)cc2)c2ccc(-c3ccc4ccccc4c3)cc2)cc1.c1ccc(-c2ccccc2N(c2ccc(-c3ccc4c(c3)-c3ccccc3C43C4CC5CC(C4)CC3C5)cc2)c2ccc(-c3cccc4ccccc34)cc2)cc1. The van der Waals surface area contributed by atoms with Crippen LogP contribution in [0.4, 0.5) is 34.1 Å². The van der Waals surface area contributed by atoms with Crippen LogP contribution in [0.2, 0.25) is 0 Å². The van der Waals surface area contributed by atoms with Crippen LogP contribution in [-0.4, -0.2) is 0 Å². The van der Waals surface area contributed by atoms with Crippen molar-refractivity contribution in [1.29, 1.82) is 0 Å². The van der Waals surface area contributed by atoms with Gasteiger partial charge in [0.25, 0.3) is 0 Å². The quantitative estimate of drug-likeness (QED) is 0.120. The van der Waals surface area contributed by atoms with Crippen molar-refractivity contribution >= 4 is 55.7 Å². The fourth-order valence-corrected chi connectivity index (χ4v) is 24.6. The summed E-state index contributed by atoms with van der Waals surface area (Å²) in [6.45, 7) is 0. The highest BCUT2D eigenvalue weighted by Crippen LogP contribution is 2.71. The van der Waals surface area contributed by atoms with Crippen molar-refractivity contribution in [2.75, 3.05) is 9.80 Å². The van der Waals surface area contributed by atoms with Gasteiger partial charge in [0.2, 0.25) is 0 Å². The molecule has 10 aliphatic carbocycles. The number of para-hydroxylation sites is 2. The molecule has 0 atom stereocenters. The summed E-state index contributed by atoms with van der Waals surface area (Å²) in [7, 11) is 0. The lowest BCUT2D eigenvalue weighted by atomic mass is 9.43. The predicted octanol–water partition coefficient (Wildman–Crippen LogP) is 30.1. The molecule has 0 radical (unpaired) electrons. The predicted molar refractivity (Wildman–Crippen MR) is 476 cm³/mol. The number of rotatable bonds is 12. The molecule has 8 fully saturated rings. The van der Waals surface area contributed by atoms with E-state index in [2.05, 4.69) is 386 Å². The minimum absolute atomic E-state index is 0.206. The summed E-state index contributed by atoms with van der Waals surface area (Å²) in [5.74, 6) is 6.95. The van der Waals surface area contributed by atoms with Crippen molar-refractivity contribution in [3.05, 3.63) is 398 Å². The van der Waals surface area contributed by atoms with Gasteiger partial charge in [-0.25, -0.2) is 0 Å². The second-order valence-corrected chi connectivity index (χ2v) is 34.7. The van der Waals surface area contributed by atoms with Crippen LogP contribution in [-0.2, 0) is 10.8 Å². The topological polar surface area (TPSA) is 6.48 Å². The molecule has 114 heavy (non-hydrogen) atoms. The Morgan fingerprint density at radius 1 is 0.184 bits per heavy atom. The van der Waals surface area contributed by atoms with Gasteiger partial charge in [0.15, 0.2) is 0 Å². The summed E-state index contributed by atoms with van der Waals surface area (Å²) < 4.78 is 0. The van der Waals surface area contributed by atoms with E-state index in [1.54, 1.807) is 22.3 Å². The van der Waals surface area contributed by atoms with Crippen molar-refractivity contribution in [3.8, 4) is 89.0 Å². The van der Waals surface area contributed by atoms with E-state index >= 15 is 0 Å². The molecular weight excluding hydrogens is 1370 g/mol. The molecule has 0 saturated heterocycles. The maximum atomic E-state index is 2.54. The second-order valence-electron chi connectivity index (χ2n) is 34.7. The zero-order chi connectivity index (χ0) is 75.0. The van der Waals surface area contributed by atoms with Gasteiger partial charge in [0.1, 0.15) is 0 Å². The van der Waals surface area contributed by atoms with E-state index in [-0.39, 0.29) is 10.8 Å². The summed E-state index contributed by atoms with van der Waals surface area (Å²) in [4.78, 5) is 4.85. The van der Waals surface area contributed by atoms with Crippen molar-refractivity contribution < 1.29 is 0 Å². The monoisotopic (exact) mass is 1460 g/mol. The number of anilines is 6. The van der Waals surface area contributed by atoms with E-state index in [0.29, 0.717) is 0 Å². The Morgan fingerprint density at radius 2 is 0.491 bits per heavy atom. The van der Waals surface area contributed by atoms with Crippen LogP contribution in [0.5, 0.6) is 0 Å². The standard InChI is InChI=1S/2C56H45N/c1-2-11-41(12-3-1)50-16-7-9-20-55(50)57(47-28-23-42(24-29-47)49-18-10-14-40-13-4-5-15-48(40)49)46-26-21-39(22-27-46)43-25-30-54-52(36-43)51-17-6-8-19-53(51)56(54)44-32-37-31-38(34-44)35-45(56)33-37;1-2-11-42(12-3-1)50-14-7-9-17-55(50)57(48-25-20-40(21-26-48)44-19-18-39-10-4-5-13-43(39)35-44)49-27-22-41(23-28-49)45-24-29-54-52(36-45)51-15-6-8-16-53(51)56(54)46-31-37-30-38(33-46)34-47(56)32-37/h1-30,36-38,44-45H,31-35H2;1-29,35-38,46-47H,30-34H2. The first-order valence-electron chi connectivity index (χ1n) is 42.2. The summed E-state index contributed by atoms with van der Waals surface area (Å²) in [5, 5.41) is 5.06. The average Bonchev–Trinajstić information content (AvgIpc) is 1.51. The summed E-state index contributed by atoms with van der Waals surface area (Å²) in [6.07, 6.45) is 14.3. The van der Waals surface area contributed by atoms with Gasteiger partial charge in [0, 0.05) is 44.7 Å². The van der Waals surface area contributed by atoms with Crippen molar-refractivity contribution in [3.63, 3.8) is 0 Å². The van der Waals surface area contributed by atoms with E-state index in [0.717, 1.165) is 81.5 Å². The van der Waals surface area contributed by atoms with Gasteiger partial charge in [-0.3, -0.25) is 0 Å². The Labute approximate surface area is 670 Å². The molecule has 0 N–H and O–H groups in total. The minimum atomic E-state index is 0.206. The van der Waals surface area contributed by atoms with Crippen LogP contribution >= 0.6 is 0 Å². The van der Waals surface area contributed by atoms with Gasteiger partial charge in [-0.05, 0) is 312 Å². The van der Waals surface area contributed by atoms with E-state index in [9.17, 15) is 0 Å². The fraction of sp³-hybridized carbons (Fsp3) is 0.179. The Bertz CT molecular complexity index is 6300. The van der Waals surface area contributed by atoms with Crippen LogP contribution in [0.3, 0.4) is 0 Å². The van der Waals surface area contributed by atoms with Crippen molar-refractivity contribution in [2.45, 2.75) is 75.0 Å². The first kappa shape index (κ1) is 67.3. The Hall–Kier alpha value is -12.4. The normalized spacial score (nSPS) is 22.5. The number of hydrogen-bond acceptors (Lipinski definition) is 2. The van der Waals surface area contributed by atoms with Crippen LogP contribution in [0.15, 0.2) is 376 Å². The summed E-state index contributed by atoms with van der Waals surface area (Å²) in [6, 6.07) is 140. The minimum Gasteiger partial charge on any atom is -0.310 e. The van der Waals surface area contributed by atoms with Crippen LogP contribution < -0.4 is 9.80 Å². The molecule has 2 heteroatoms.